The van der Waals surface area contributed by atoms with Gasteiger partial charge in [-0.2, -0.15) is 4.31 Å². The van der Waals surface area contributed by atoms with Crippen LogP contribution in [-0.2, 0) is 14.8 Å². The fraction of sp³-hybridized carbons (Fsp3) is 0.708. The molecule has 1 saturated heterocycles. The number of carbonyl (C=O) groups is 1. The summed E-state index contributed by atoms with van der Waals surface area (Å²) >= 11 is 0. The summed E-state index contributed by atoms with van der Waals surface area (Å²) in [4.78, 5) is 12.4. The Hall–Kier alpha value is -1.47. The molecule has 0 spiro atoms. The van der Waals surface area contributed by atoms with Gasteiger partial charge in [0.25, 0.3) is 0 Å². The molecule has 5 aliphatic rings. The van der Waals surface area contributed by atoms with E-state index in [0.717, 1.165) is 36.8 Å². The standard InChI is InChI=1S/C24H33FN2O3S/c25-21-3-1-2-4-22(21)31(29,30)27-9-5-20(6-10-27)23(28)26-8-7-24-14-17-11-18(15-24)13-19(12-17)16-24/h1-4,17-20H,5-16H2,(H,26,28). The Labute approximate surface area is 184 Å². The third kappa shape index (κ3) is 4.15. The first-order valence-corrected chi connectivity index (χ1v) is 13.3. The Balaban J connectivity index is 1.11. The minimum absolute atomic E-state index is 0.0488. The zero-order valence-electron chi connectivity index (χ0n) is 18.1. The van der Waals surface area contributed by atoms with Gasteiger partial charge in [0.05, 0.1) is 0 Å². The van der Waals surface area contributed by atoms with Gasteiger partial charge in [-0.1, -0.05) is 12.1 Å². The first-order valence-electron chi connectivity index (χ1n) is 11.9. The predicted molar refractivity (Wildman–Crippen MR) is 116 cm³/mol. The minimum atomic E-state index is -3.86. The van der Waals surface area contributed by atoms with Crippen molar-refractivity contribution in [2.75, 3.05) is 19.6 Å². The van der Waals surface area contributed by atoms with Gasteiger partial charge in [0.2, 0.25) is 15.9 Å². The molecule has 0 radical (unpaired) electrons. The lowest BCUT2D eigenvalue weighted by molar-refractivity contribution is -0.126. The summed E-state index contributed by atoms with van der Waals surface area (Å²) in [6.07, 6.45) is 10.4. The van der Waals surface area contributed by atoms with Crippen LogP contribution in [0.2, 0.25) is 0 Å². The Morgan fingerprint density at radius 2 is 1.61 bits per heavy atom. The van der Waals surface area contributed by atoms with Gasteiger partial charge in [-0.15, -0.1) is 0 Å². The molecule has 7 heteroatoms. The van der Waals surface area contributed by atoms with E-state index >= 15 is 0 Å². The van der Waals surface area contributed by atoms with Gasteiger partial charge in [0.1, 0.15) is 10.7 Å². The molecule has 0 atom stereocenters. The zero-order valence-corrected chi connectivity index (χ0v) is 18.9. The Kier molecular flexibility index (Phi) is 5.62. The largest absolute Gasteiger partial charge is 0.356 e. The highest BCUT2D eigenvalue weighted by atomic mass is 32.2. The second-order valence-corrected chi connectivity index (χ2v) is 12.5. The highest BCUT2D eigenvalue weighted by molar-refractivity contribution is 7.89. The van der Waals surface area contributed by atoms with E-state index in [0.29, 0.717) is 18.3 Å². The molecule has 5 nitrogen and oxygen atoms in total. The highest BCUT2D eigenvalue weighted by Crippen LogP contribution is 2.61. The fourth-order valence-electron chi connectivity index (χ4n) is 7.34. The number of sulfonamides is 1. The topological polar surface area (TPSA) is 66.5 Å². The number of rotatable bonds is 6. The molecule has 1 aromatic carbocycles. The van der Waals surface area contributed by atoms with Gasteiger partial charge >= 0.3 is 0 Å². The molecule has 4 saturated carbocycles. The van der Waals surface area contributed by atoms with Crippen LogP contribution in [0.3, 0.4) is 0 Å². The molecular weight excluding hydrogens is 415 g/mol. The second kappa shape index (κ2) is 8.14. The summed E-state index contributed by atoms with van der Waals surface area (Å²) in [5.41, 5.74) is 0.458. The number of amides is 1. The van der Waals surface area contributed by atoms with Crippen LogP contribution in [0.4, 0.5) is 4.39 Å². The minimum Gasteiger partial charge on any atom is -0.356 e. The molecule has 0 unspecified atom stereocenters. The molecule has 5 fully saturated rings. The molecule has 0 aromatic heterocycles. The average Bonchev–Trinajstić information content (AvgIpc) is 2.73. The van der Waals surface area contributed by atoms with Crippen LogP contribution in [0.5, 0.6) is 0 Å². The average molecular weight is 449 g/mol. The summed E-state index contributed by atoms with van der Waals surface area (Å²) < 4.78 is 40.8. The number of nitrogens with one attached hydrogen (secondary N) is 1. The molecule has 1 aromatic rings. The second-order valence-electron chi connectivity index (χ2n) is 10.6. The van der Waals surface area contributed by atoms with Gasteiger partial charge in [-0.3, -0.25) is 4.79 Å². The summed E-state index contributed by atoms with van der Waals surface area (Å²) in [6, 6.07) is 5.47. The van der Waals surface area contributed by atoms with E-state index in [9.17, 15) is 17.6 Å². The van der Waals surface area contributed by atoms with Crippen LogP contribution in [0.25, 0.3) is 0 Å². The van der Waals surface area contributed by atoms with E-state index in [1.165, 1.54) is 61.0 Å². The number of benzene rings is 1. The van der Waals surface area contributed by atoms with E-state index in [2.05, 4.69) is 5.32 Å². The lowest BCUT2D eigenvalue weighted by atomic mass is 9.49. The Bertz CT molecular complexity index is 905. The van der Waals surface area contributed by atoms with E-state index < -0.39 is 15.8 Å². The van der Waals surface area contributed by atoms with Crippen molar-refractivity contribution in [3.63, 3.8) is 0 Å². The van der Waals surface area contributed by atoms with Gasteiger partial charge < -0.3 is 5.32 Å². The Morgan fingerprint density at radius 3 is 2.19 bits per heavy atom. The number of nitrogens with zero attached hydrogens (tertiary/aromatic N) is 1. The molecule has 1 heterocycles. The maximum atomic E-state index is 14.0. The van der Waals surface area contributed by atoms with Crippen LogP contribution >= 0.6 is 0 Å². The molecule has 1 aliphatic heterocycles. The molecule has 1 amide bonds. The van der Waals surface area contributed by atoms with Gasteiger partial charge in [0.15, 0.2) is 0 Å². The normalized spacial score (nSPS) is 33.5. The molecule has 1 N–H and O–H groups in total. The number of carbonyl (C=O) groups excluding carboxylic acids is 1. The molecule has 170 valence electrons. The Morgan fingerprint density at radius 1 is 1.03 bits per heavy atom. The van der Waals surface area contributed by atoms with Crippen molar-refractivity contribution in [3.05, 3.63) is 30.1 Å². The van der Waals surface area contributed by atoms with Crippen molar-refractivity contribution in [1.29, 1.82) is 0 Å². The first-order chi connectivity index (χ1) is 14.8. The summed E-state index contributed by atoms with van der Waals surface area (Å²) in [5, 5.41) is 3.15. The van der Waals surface area contributed by atoms with E-state index in [1.54, 1.807) is 0 Å². The maximum Gasteiger partial charge on any atom is 0.245 e. The van der Waals surface area contributed by atoms with Crippen molar-refractivity contribution in [1.82, 2.24) is 9.62 Å². The first kappa shape index (κ1) is 21.4. The van der Waals surface area contributed by atoms with Crippen LogP contribution in [0.1, 0.15) is 57.8 Å². The summed E-state index contributed by atoms with van der Waals surface area (Å²) in [7, 11) is -3.86. The molecule has 31 heavy (non-hydrogen) atoms. The van der Waals surface area contributed by atoms with Crippen LogP contribution in [0, 0.1) is 34.9 Å². The van der Waals surface area contributed by atoms with Crippen molar-refractivity contribution in [3.8, 4) is 0 Å². The highest BCUT2D eigenvalue weighted by Gasteiger charge is 2.50. The van der Waals surface area contributed by atoms with Crippen molar-refractivity contribution < 1.29 is 17.6 Å². The van der Waals surface area contributed by atoms with E-state index in [1.807, 2.05) is 0 Å². The third-order valence-electron chi connectivity index (χ3n) is 8.40. The van der Waals surface area contributed by atoms with E-state index in [-0.39, 0.29) is 29.8 Å². The lowest BCUT2D eigenvalue weighted by Crippen LogP contribution is -2.48. The fourth-order valence-corrected chi connectivity index (χ4v) is 8.88. The van der Waals surface area contributed by atoms with Crippen molar-refractivity contribution in [2.24, 2.45) is 29.1 Å². The van der Waals surface area contributed by atoms with Crippen LogP contribution < -0.4 is 5.32 Å². The summed E-state index contributed by atoms with van der Waals surface area (Å²) in [6.45, 7) is 1.24. The third-order valence-corrected chi connectivity index (χ3v) is 10.3. The number of hydrogen-bond acceptors (Lipinski definition) is 3. The number of halogens is 1. The maximum absolute atomic E-state index is 14.0. The number of piperidine rings is 1. The van der Waals surface area contributed by atoms with Gasteiger partial charge in [0, 0.05) is 25.6 Å². The predicted octanol–water partition coefficient (Wildman–Crippen LogP) is 3.95. The molecule has 4 bridgehead atoms. The van der Waals surface area contributed by atoms with Gasteiger partial charge in [-0.05, 0) is 93.1 Å². The summed E-state index contributed by atoms with van der Waals surface area (Å²) in [5.74, 6) is 1.91. The van der Waals surface area contributed by atoms with Crippen LogP contribution in [0.15, 0.2) is 29.2 Å². The lowest BCUT2D eigenvalue weighted by Gasteiger charge is -2.57. The van der Waals surface area contributed by atoms with E-state index in [4.69, 9.17) is 0 Å². The molecule has 6 rings (SSSR count). The molecular formula is C24H33FN2O3S. The van der Waals surface area contributed by atoms with Crippen molar-refractivity contribution >= 4 is 15.9 Å². The SMILES string of the molecule is O=C(NCCC12CC3CC(CC(C3)C1)C2)C1CCN(S(=O)(=O)c2ccccc2F)CC1. The van der Waals surface area contributed by atoms with Crippen LogP contribution in [-0.4, -0.2) is 38.3 Å². The smallest absolute Gasteiger partial charge is 0.245 e. The van der Waals surface area contributed by atoms with Gasteiger partial charge in [-0.25, -0.2) is 12.8 Å². The zero-order chi connectivity index (χ0) is 21.6. The van der Waals surface area contributed by atoms with Crippen molar-refractivity contribution in [2.45, 2.75) is 62.7 Å². The monoisotopic (exact) mass is 448 g/mol. The number of hydrogen-bond donors (Lipinski definition) is 1. The quantitative estimate of drug-likeness (QED) is 0.717. The molecule has 4 aliphatic carbocycles.